The lowest BCUT2D eigenvalue weighted by Crippen LogP contribution is -2.38. The van der Waals surface area contributed by atoms with Crippen LogP contribution in [0.2, 0.25) is 0 Å². The second-order valence-corrected chi connectivity index (χ2v) is 6.11. The molecular formula is C13H24ClN3O. The Labute approximate surface area is 115 Å². The van der Waals surface area contributed by atoms with Crippen molar-refractivity contribution in [2.24, 2.45) is 23.5 Å². The van der Waals surface area contributed by atoms with Gasteiger partial charge < -0.3 is 11.1 Å². The largest absolute Gasteiger partial charge is 0.355 e. The number of nitrogens with two attached hydrogens (primary N) is 1. The van der Waals surface area contributed by atoms with Crippen LogP contribution in [0.5, 0.6) is 0 Å². The normalized spacial score (nSPS) is 35.1. The third-order valence-corrected chi connectivity index (χ3v) is 4.64. The Bertz CT molecular complexity index is 309. The van der Waals surface area contributed by atoms with Gasteiger partial charge in [-0.3, -0.25) is 9.69 Å². The van der Waals surface area contributed by atoms with Gasteiger partial charge >= 0.3 is 0 Å². The van der Waals surface area contributed by atoms with Crippen molar-refractivity contribution in [3.05, 3.63) is 0 Å². The van der Waals surface area contributed by atoms with Crippen molar-refractivity contribution in [3.8, 4) is 0 Å². The second-order valence-electron chi connectivity index (χ2n) is 6.11. The highest BCUT2D eigenvalue weighted by Gasteiger charge is 2.41. The van der Waals surface area contributed by atoms with E-state index in [9.17, 15) is 4.79 Å². The molecule has 3 fully saturated rings. The molecule has 0 radical (unpaired) electrons. The van der Waals surface area contributed by atoms with E-state index in [1.807, 2.05) is 0 Å². The molecule has 0 spiro atoms. The van der Waals surface area contributed by atoms with Crippen molar-refractivity contribution in [2.75, 3.05) is 26.2 Å². The number of nitrogens with zero attached hydrogens (tertiary/aromatic N) is 1. The molecule has 0 aromatic rings. The Kier molecular flexibility index (Phi) is 4.51. The highest BCUT2D eigenvalue weighted by molar-refractivity contribution is 5.85. The van der Waals surface area contributed by atoms with Gasteiger partial charge in [0.2, 0.25) is 5.91 Å². The summed E-state index contributed by atoms with van der Waals surface area (Å²) < 4.78 is 0. The molecule has 104 valence electrons. The molecule has 5 heteroatoms. The molecule has 1 aliphatic heterocycles. The maximum absolute atomic E-state index is 11.7. The predicted molar refractivity (Wildman–Crippen MR) is 73.6 cm³/mol. The van der Waals surface area contributed by atoms with Crippen molar-refractivity contribution in [1.29, 1.82) is 0 Å². The Morgan fingerprint density at radius 1 is 1.22 bits per heavy atom. The van der Waals surface area contributed by atoms with Gasteiger partial charge in [-0.2, -0.15) is 0 Å². The molecule has 3 aliphatic rings. The van der Waals surface area contributed by atoms with E-state index in [1.54, 1.807) is 0 Å². The number of carbonyl (C=O) groups excluding carboxylic acids is 1. The van der Waals surface area contributed by atoms with Gasteiger partial charge in [0, 0.05) is 25.7 Å². The summed E-state index contributed by atoms with van der Waals surface area (Å²) in [5, 5.41) is 3.04. The van der Waals surface area contributed by atoms with Crippen LogP contribution in [0, 0.1) is 17.8 Å². The topological polar surface area (TPSA) is 58.4 Å². The monoisotopic (exact) mass is 273 g/mol. The smallest absolute Gasteiger partial charge is 0.234 e. The summed E-state index contributed by atoms with van der Waals surface area (Å²) >= 11 is 0. The van der Waals surface area contributed by atoms with Crippen LogP contribution in [0.15, 0.2) is 0 Å². The fourth-order valence-corrected chi connectivity index (χ4v) is 3.37. The Morgan fingerprint density at radius 3 is 2.67 bits per heavy atom. The molecule has 18 heavy (non-hydrogen) atoms. The van der Waals surface area contributed by atoms with E-state index in [0.717, 1.165) is 31.5 Å². The van der Waals surface area contributed by atoms with E-state index >= 15 is 0 Å². The highest BCUT2D eigenvalue weighted by Crippen LogP contribution is 2.36. The fourth-order valence-electron chi connectivity index (χ4n) is 3.37. The summed E-state index contributed by atoms with van der Waals surface area (Å²) in [6.07, 6.45) is 5.02. The predicted octanol–water partition coefficient (Wildman–Crippen LogP) is 0.603. The number of likely N-dealkylation sites (tertiary alicyclic amines) is 1. The molecule has 2 aliphatic carbocycles. The van der Waals surface area contributed by atoms with E-state index in [-0.39, 0.29) is 18.3 Å². The van der Waals surface area contributed by atoms with Gasteiger partial charge in [0.25, 0.3) is 0 Å². The molecule has 0 aromatic heterocycles. The number of hydrogen-bond acceptors (Lipinski definition) is 3. The molecule has 4 nitrogen and oxygen atoms in total. The van der Waals surface area contributed by atoms with E-state index in [2.05, 4.69) is 10.2 Å². The van der Waals surface area contributed by atoms with Crippen molar-refractivity contribution in [3.63, 3.8) is 0 Å². The molecule has 3 N–H and O–H groups in total. The van der Waals surface area contributed by atoms with Gasteiger partial charge in [-0.25, -0.2) is 0 Å². The Morgan fingerprint density at radius 2 is 2.00 bits per heavy atom. The summed E-state index contributed by atoms with van der Waals surface area (Å²) in [6, 6.07) is 0.375. The van der Waals surface area contributed by atoms with Crippen LogP contribution in [-0.2, 0) is 4.79 Å². The quantitative estimate of drug-likeness (QED) is 0.789. The number of rotatable bonds is 4. The molecule has 3 rings (SSSR count). The van der Waals surface area contributed by atoms with Gasteiger partial charge in [-0.15, -0.1) is 12.4 Å². The number of fused-ring (bicyclic) bond motifs is 1. The molecule has 0 aromatic carbocycles. The summed E-state index contributed by atoms with van der Waals surface area (Å²) in [4.78, 5) is 14.0. The zero-order chi connectivity index (χ0) is 11.8. The lowest BCUT2D eigenvalue weighted by Gasteiger charge is -2.17. The highest BCUT2D eigenvalue weighted by atomic mass is 35.5. The number of carbonyl (C=O) groups is 1. The summed E-state index contributed by atoms with van der Waals surface area (Å²) in [5.74, 6) is 2.36. The molecule has 3 atom stereocenters. The van der Waals surface area contributed by atoms with Crippen LogP contribution in [0.4, 0.5) is 0 Å². The zero-order valence-corrected chi connectivity index (χ0v) is 11.6. The van der Waals surface area contributed by atoms with Gasteiger partial charge in [-0.1, -0.05) is 0 Å². The maximum atomic E-state index is 11.7. The van der Waals surface area contributed by atoms with Crippen molar-refractivity contribution in [1.82, 2.24) is 10.2 Å². The molecule has 2 saturated carbocycles. The number of nitrogens with one attached hydrogen (secondary N) is 1. The molecular weight excluding hydrogens is 250 g/mol. The maximum Gasteiger partial charge on any atom is 0.234 e. The molecule has 0 bridgehead atoms. The standard InChI is InChI=1S/C13H23N3O.ClH/c14-12-4-3-10-6-16(7-11(10)12)8-13(17)15-5-9-1-2-9;/h9-12H,1-8,14H2,(H,15,17);1H. The summed E-state index contributed by atoms with van der Waals surface area (Å²) in [5.41, 5.74) is 6.09. The second kappa shape index (κ2) is 5.76. The Balaban J connectivity index is 0.00000120. The van der Waals surface area contributed by atoms with Crippen LogP contribution >= 0.6 is 12.4 Å². The van der Waals surface area contributed by atoms with Crippen molar-refractivity contribution >= 4 is 18.3 Å². The van der Waals surface area contributed by atoms with E-state index < -0.39 is 0 Å². The van der Waals surface area contributed by atoms with Crippen LogP contribution in [0.3, 0.4) is 0 Å². The summed E-state index contributed by atoms with van der Waals surface area (Å²) in [7, 11) is 0. The Hall–Kier alpha value is -0.320. The first kappa shape index (κ1) is 14.1. The third kappa shape index (κ3) is 3.16. The minimum Gasteiger partial charge on any atom is -0.355 e. The minimum atomic E-state index is 0. The molecule has 1 heterocycles. The third-order valence-electron chi connectivity index (χ3n) is 4.64. The molecule has 3 unspecified atom stereocenters. The van der Waals surface area contributed by atoms with Crippen molar-refractivity contribution < 1.29 is 4.79 Å². The van der Waals surface area contributed by atoms with Crippen molar-refractivity contribution in [2.45, 2.75) is 31.7 Å². The first-order valence-electron chi connectivity index (χ1n) is 6.97. The van der Waals surface area contributed by atoms with E-state index in [1.165, 1.54) is 25.7 Å². The van der Waals surface area contributed by atoms with Gasteiger partial charge in [0.05, 0.1) is 6.54 Å². The van der Waals surface area contributed by atoms with Gasteiger partial charge in [0.1, 0.15) is 0 Å². The summed E-state index contributed by atoms with van der Waals surface area (Å²) in [6.45, 7) is 3.57. The zero-order valence-electron chi connectivity index (χ0n) is 10.8. The van der Waals surface area contributed by atoms with Gasteiger partial charge in [0.15, 0.2) is 0 Å². The lowest BCUT2D eigenvalue weighted by atomic mass is 9.98. The van der Waals surface area contributed by atoms with E-state index in [0.29, 0.717) is 18.5 Å². The van der Waals surface area contributed by atoms with Gasteiger partial charge in [-0.05, 0) is 43.4 Å². The average Bonchev–Trinajstić information content (AvgIpc) is 2.96. The average molecular weight is 274 g/mol. The number of hydrogen-bond donors (Lipinski definition) is 2. The van der Waals surface area contributed by atoms with E-state index in [4.69, 9.17) is 5.73 Å². The SMILES string of the molecule is Cl.NC1CCC2CN(CC(=O)NCC3CC3)CC12. The first-order chi connectivity index (χ1) is 8.22. The van der Waals surface area contributed by atoms with Crippen LogP contribution < -0.4 is 11.1 Å². The fraction of sp³-hybridized carbons (Fsp3) is 0.923. The van der Waals surface area contributed by atoms with Crippen LogP contribution in [0.1, 0.15) is 25.7 Å². The molecule has 1 saturated heterocycles. The van der Waals surface area contributed by atoms with Crippen LogP contribution in [0.25, 0.3) is 0 Å². The first-order valence-corrected chi connectivity index (χ1v) is 6.97. The molecule has 1 amide bonds. The lowest BCUT2D eigenvalue weighted by molar-refractivity contribution is -0.122. The van der Waals surface area contributed by atoms with Crippen LogP contribution in [-0.4, -0.2) is 43.0 Å². The number of amides is 1. The minimum absolute atomic E-state index is 0. The number of halogens is 1.